The van der Waals surface area contributed by atoms with Gasteiger partial charge in [0, 0.05) is 28.7 Å². The minimum Gasteiger partial charge on any atom is -0.261 e. The van der Waals surface area contributed by atoms with Crippen LogP contribution in [0, 0.1) is 6.92 Å². The van der Waals surface area contributed by atoms with Crippen molar-refractivity contribution in [2.45, 2.75) is 39.0 Å². The van der Waals surface area contributed by atoms with E-state index in [1.54, 1.807) is 0 Å². The molecule has 0 saturated carbocycles. The second kappa shape index (κ2) is 5.25. The Morgan fingerprint density at radius 3 is 2.68 bits per heavy atom. The Hall–Kier alpha value is -1.48. The van der Waals surface area contributed by atoms with Crippen LogP contribution in [0.2, 0.25) is 5.15 Å². The first kappa shape index (κ1) is 12.5. The van der Waals surface area contributed by atoms with E-state index in [4.69, 9.17) is 16.6 Å². The number of nitrogens with zero attached hydrogens (tertiary/aromatic N) is 3. The monoisotopic (exact) mass is 273 g/mol. The average molecular weight is 274 g/mol. The fourth-order valence-electron chi connectivity index (χ4n) is 2.45. The van der Waals surface area contributed by atoms with Crippen LogP contribution in [-0.2, 0) is 12.8 Å². The summed E-state index contributed by atoms with van der Waals surface area (Å²) in [6.07, 6.45) is 7.43. The zero-order valence-electron chi connectivity index (χ0n) is 11.0. The van der Waals surface area contributed by atoms with Gasteiger partial charge in [-0.3, -0.25) is 4.98 Å². The topological polar surface area (TPSA) is 38.7 Å². The Kier molecular flexibility index (Phi) is 3.47. The molecule has 0 atom stereocenters. The number of rotatable bonds is 1. The van der Waals surface area contributed by atoms with Crippen molar-refractivity contribution >= 4 is 11.6 Å². The summed E-state index contributed by atoms with van der Waals surface area (Å²) in [7, 11) is 0. The Morgan fingerprint density at radius 2 is 1.89 bits per heavy atom. The number of hydrogen-bond acceptors (Lipinski definition) is 3. The molecule has 3 nitrogen and oxygen atoms in total. The molecule has 0 unspecified atom stereocenters. The molecule has 0 fully saturated rings. The maximum atomic E-state index is 6.33. The van der Waals surface area contributed by atoms with E-state index in [0.29, 0.717) is 11.0 Å². The molecule has 19 heavy (non-hydrogen) atoms. The van der Waals surface area contributed by atoms with E-state index in [0.717, 1.165) is 35.4 Å². The van der Waals surface area contributed by atoms with Crippen molar-refractivity contribution in [3.63, 3.8) is 0 Å². The first-order chi connectivity index (χ1) is 9.24. The highest BCUT2D eigenvalue weighted by Crippen LogP contribution is 2.27. The van der Waals surface area contributed by atoms with Crippen LogP contribution >= 0.6 is 11.6 Å². The van der Waals surface area contributed by atoms with Gasteiger partial charge in [0.25, 0.3) is 0 Å². The lowest BCUT2D eigenvalue weighted by Crippen LogP contribution is -2.02. The Labute approximate surface area is 118 Å². The van der Waals surface area contributed by atoms with Gasteiger partial charge in [0.1, 0.15) is 5.15 Å². The molecule has 3 rings (SSSR count). The molecule has 2 aromatic heterocycles. The Morgan fingerprint density at radius 1 is 1.05 bits per heavy atom. The second-order valence-electron chi connectivity index (χ2n) is 5.01. The van der Waals surface area contributed by atoms with Gasteiger partial charge >= 0.3 is 0 Å². The second-order valence-corrected chi connectivity index (χ2v) is 5.37. The minimum absolute atomic E-state index is 0.613. The normalized spacial score (nSPS) is 14.8. The zero-order valence-corrected chi connectivity index (χ0v) is 11.7. The molecule has 1 aliphatic carbocycles. The highest BCUT2D eigenvalue weighted by atomic mass is 35.5. The molecule has 0 bridgehead atoms. The van der Waals surface area contributed by atoms with Crippen molar-refractivity contribution in [3.05, 3.63) is 40.4 Å². The molecule has 2 aromatic rings. The van der Waals surface area contributed by atoms with E-state index >= 15 is 0 Å². The lowest BCUT2D eigenvalue weighted by atomic mass is 10.1. The maximum absolute atomic E-state index is 6.33. The van der Waals surface area contributed by atoms with E-state index in [1.807, 2.05) is 25.3 Å². The highest BCUT2D eigenvalue weighted by molar-refractivity contribution is 6.30. The highest BCUT2D eigenvalue weighted by Gasteiger charge is 2.16. The smallest absolute Gasteiger partial charge is 0.162 e. The average Bonchev–Trinajstić information content (AvgIpc) is 2.65. The molecule has 0 aromatic carbocycles. The fraction of sp³-hybridized carbons (Fsp3) is 0.400. The van der Waals surface area contributed by atoms with Gasteiger partial charge in [-0.05, 0) is 44.7 Å². The minimum atomic E-state index is 0.613. The fourth-order valence-corrected chi connectivity index (χ4v) is 2.74. The summed E-state index contributed by atoms with van der Waals surface area (Å²) in [5.41, 5.74) is 4.18. The van der Waals surface area contributed by atoms with E-state index < -0.39 is 0 Å². The number of aryl methyl sites for hydroxylation is 2. The molecule has 0 spiro atoms. The van der Waals surface area contributed by atoms with Crippen molar-refractivity contribution in [2.75, 3.05) is 0 Å². The van der Waals surface area contributed by atoms with Crippen LogP contribution in [0.4, 0.5) is 0 Å². The molecule has 0 radical (unpaired) electrons. The quantitative estimate of drug-likeness (QED) is 0.586. The maximum Gasteiger partial charge on any atom is 0.162 e. The van der Waals surface area contributed by atoms with E-state index in [2.05, 4.69) is 9.97 Å². The van der Waals surface area contributed by atoms with Gasteiger partial charge in [-0.25, -0.2) is 9.97 Å². The SMILES string of the molecule is Cc1ccc(-c2nc(Cl)c3c(n2)CCCCC3)cn1. The Bertz CT molecular complexity index is 593. The van der Waals surface area contributed by atoms with Gasteiger partial charge < -0.3 is 0 Å². The number of halogens is 1. The first-order valence-electron chi connectivity index (χ1n) is 6.72. The van der Waals surface area contributed by atoms with E-state index in [1.165, 1.54) is 19.3 Å². The molecule has 1 aliphatic rings. The molecular weight excluding hydrogens is 258 g/mol. The number of hydrogen-bond donors (Lipinski definition) is 0. The molecule has 4 heteroatoms. The standard InChI is InChI=1S/C15H16ClN3/c1-10-7-8-11(9-17-10)15-18-13-6-4-2-3-5-12(13)14(16)19-15/h7-9H,2-6H2,1H3. The molecular formula is C15H16ClN3. The predicted molar refractivity (Wildman–Crippen MR) is 76.3 cm³/mol. The van der Waals surface area contributed by atoms with Gasteiger partial charge in [-0.15, -0.1) is 0 Å². The van der Waals surface area contributed by atoms with E-state index in [9.17, 15) is 0 Å². The summed E-state index contributed by atoms with van der Waals surface area (Å²) < 4.78 is 0. The van der Waals surface area contributed by atoms with Crippen molar-refractivity contribution in [3.8, 4) is 11.4 Å². The van der Waals surface area contributed by atoms with Gasteiger partial charge in [0.05, 0.1) is 0 Å². The summed E-state index contributed by atoms with van der Waals surface area (Å²) in [5.74, 6) is 0.693. The zero-order chi connectivity index (χ0) is 13.2. The number of aromatic nitrogens is 3. The van der Waals surface area contributed by atoms with Gasteiger partial charge in [-0.2, -0.15) is 0 Å². The van der Waals surface area contributed by atoms with Crippen LogP contribution in [0.1, 0.15) is 36.2 Å². The summed E-state index contributed by atoms with van der Waals surface area (Å²) in [5, 5.41) is 0.613. The number of pyridine rings is 1. The van der Waals surface area contributed by atoms with Crippen LogP contribution in [0.3, 0.4) is 0 Å². The van der Waals surface area contributed by atoms with Crippen molar-refractivity contribution < 1.29 is 0 Å². The first-order valence-corrected chi connectivity index (χ1v) is 7.10. The van der Waals surface area contributed by atoms with Gasteiger partial charge in [0.15, 0.2) is 5.82 Å². The molecule has 0 amide bonds. The van der Waals surface area contributed by atoms with Crippen LogP contribution in [-0.4, -0.2) is 15.0 Å². The number of fused-ring (bicyclic) bond motifs is 1. The summed E-state index contributed by atoms with van der Waals surface area (Å²) in [6, 6.07) is 3.97. The molecule has 0 N–H and O–H groups in total. The Balaban J connectivity index is 2.06. The van der Waals surface area contributed by atoms with Crippen molar-refractivity contribution in [1.29, 1.82) is 0 Å². The van der Waals surface area contributed by atoms with Crippen LogP contribution in [0.15, 0.2) is 18.3 Å². The molecule has 98 valence electrons. The van der Waals surface area contributed by atoms with Crippen LogP contribution < -0.4 is 0 Å². The lowest BCUT2D eigenvalue weighted by Gasteiger charge is -2.09. The molecule has 0 saturated heterocycles. The lowest BCUT2D eigenvalue weighted by molar-refractivity contribution is 0.709. The third kappa shape index (κ3) is 2.61. The third-order valence-corrected chi connectivity index (χ3v) is 3.86. The van der Waals surface area contributed by atoms with Crippen LogP contribution in [0.25, 0.3) is 11.4 Å². The molecule has 2 heterocycles. The van der Waals surface area contributed by atoms with Crippen molar-refractivity contribution in [1.82, 2.24) is 15.0 Å². The van der Waals surface area contributed by atoms with E-state index in [-0.39, 0.29) is 0 Å². The van der Waals surface area contributed by atoms with Crippen LogP contribution in [0.5, 0.6) is 0 Å². The summed E-state index contributed by atoms with van der Waals surface area (Å²) >= 11 is 6.33. The van der Waals surface area contributed by atoms with Gasteiger partial charge in [-0.1, -0.05) is 18.0 Å². The van der Waals surface area contributed by atoms with Crippen molar-refractivity contribution in [2.24, 2.45) is 0 Å². The summed E-state index contributed by atoms with van der Waals surface area (Å²) in [4.78, 5) is 13.4. The third-order valence-electron chi connectivity index (χ3n) is 3.55. The van der Waals surface area contributed by atoms with Gasteiger partial charge in [0.2, 0.25) is 0 Å². The largest absolute Gasteiger partial charge is 0.261 e. The summed E-state index contributed by atoms with van der Waals surface area (Å²) in [6.45, 7) is 1.97. The predicted octanol–water partition coefficient (Wildman–Crippen LogP) is 3.77. The molecule has 0 aliphatic heterocycles.